The number of benzene rings is 2. The Morgan fingerprint density at radius 2 is 1.72 bits per heavy atom. The molecule has 0 fully saturated rings. The Balaban J connectivity index is 2.45. The summed E-state index contributed by atoms with van der Waals surface area (Å²) in [6.45, 7) is -0.209. The van der Waals surface area contributed by atoms with Crippen molar-refractivity contribution in [2.45, 2.75) is 4.90 Å². The predicted molar refractivity (Wildman–Crippen MR) is 85.8 cm³/mol. The van der Waals surface area contributed by atoms with E-state index >= 15 is 0 Å². The molecule has 0 radical (unpaired) electrons. The van der Waals surface area contributed by atoms with Crippen LogP contribution in [-0.2, 0) is 10.0 Å². The number of aliphatic hydroxyl groups excluding tert-OH is 1. The monoisotopic (exact) mass is 373 g/mol. The van der Waals surface area contributed by atoms with Crippen LogP contribution in [0, 0.1) is 21.7 Å². The van der Waals surface area contributed by atoms with Gasteiger partial charge in [0.15, 0.2) is 0 Å². The minimum Gasteiger partial charge on any atom is -0.395 e. The highest BCUT2D eigenvalue weighted by atomic mass is 32.2. The molecule has 8 nitrogen and oxygen atoms in total. The summed E-state index contributed by atoms with van der Waals surface area (Å²) in [4.78, 5) is 9.47. The van der Waals surface area contributed by atoms with Crippen molar-refractivity contribution in [2.75, 3.05) is 23.2 Å². The third-order valence-corrected chi connectivity index (χ3v) is 4.38. The molecule has 11 heteroatoms. The molecule has 2 aromatic rings. The molecule has 0 amide bonds. The number of nitrogens with one attached hydrogen (secondary N) is 2. The molecule has 0 atom stereocenters. The molecular formula is C14H13F2N3O5S. The highest BCUT2D eigenvalue weighted by Gasteiger charge is 2.20. The van der Waals surface area contributed by atoms with E-state index in [0.29, 0.717) is 18.2 Å². The zero-order chi connectivity index (χ0) is 18.6. The van der Waals surface area contributed by atoms with E-state index < -0.39 is 37.2 Å². The normalized spacial score (nSPS) is 11.2. The van der Waals surface area contributed by atoms with Crippen molar-refractivity contribution in [3.05, 3.63) is 58.1 Å². The number of non-ortho nitro benzene ring substituents is 1. The maximum atomic E-state index is 13.3. The molecule has 0 saturated heterocycles. The Labute approximate surface area is 141 Å². The van der Waals surface area contributed by atoms with E-state index in [2.05, 4.69) is 10.0 Å². The van der Waals surface area contributed by atoms with Crippen LogP contribution in [0.15, 0.2) is 41.3 Å². The lowest BCUT2D eigenvalue weighted by Gasteiger charge is -2.14. The van der Waals surface area contributed by atoms with Crippen molar-refractivity contribution in [2.24, 2.45) is 0 Å². The predicted octanol–water partition coefficient (Wildman–Crippen LogP) is 2.08. The number of rotatable bonds is 7. The Morgan fingerprint density at radius 1 is 1.08 bits per heavy atom. The minimum absolute atomic E-state index is 0.0567. The molecule has 0 heterocycles. The van der Waals surface area contributed by atoms with Gasteiger partial charge in [-0.2, -0.15) is 0 Å². The largest absolute Gasteiger partial charge is 0.395 e. The second-order valence-corrected chi connectivity index (χ2v) is 6.53. The van der Waals surface area contributed by atoms with Crippen molar-refractivity contribution < 1.29 is 27.2 Å². The number of halogens is 2. The molecular weight excluding hydrogens is 360 g/mol. The fraction of sp³-hybridized carbons (Fsp3) is 0.143. The van der Waals surface area contributed by atoms with Crippen LogP contribution in [0.3, 0.4) is 0 Å². The molecule has 134 valence electrons. The third kappa shape index (κ3) is 4.61. The summed E-state index contributed by atoms with van der Waals surface area (Å²) in [5.74, 6) is -2.17. The number of nitro groups is 1. The second kappa shape index (κ2) is 7.40. The van der Waals surface area contributed by atoms with Gasteiger partial charge in [-0.1, -0.05) is 0 Å². The molecule has 25 heavy (non-hydrogen) atoms. The average Bonchev–Trinajstić information content (AvgIpc) is 2.52. The van der Waals surface area contributed by atoms with Crippen LogP contribution >= 0.6 is 0 Å². The second-order valence-electron chi connectivity index (χ2n) is 4.85. The number of nitro benzene ring substituents is 1. The van der Waals surface area contributed by atoms with Crippen LogP contribution in [0.2, 0.25) is 0 Å². The van der Waals surface area contributed by atoms with Gasteiger partial charge in [-0.25, -0.2) is 17.2 Å². The zero-order valence-corrected chi connectivity index (χ0v) is 13.4. The third-order valence-electron chi connectivity index (χ3n) is 3.03. The quantitative estimate of drug-likeness (QED) is 0.505. The Kier molecular flexibility index (Phi) is 5.49. The van der Waals surface area contributed by atoms with E-state index in [1.165, 1.54) is 6.07 Å². The molecule has 0 aliphatic rings. The van der Waals surface area contributed by atoms with Crippen LogP contribution < -0.4 is 10.0 Å². The highest BCUT2D eigenvalue weighted by Crippen LogP contribution is 2.29. The van der Waals surface area contributed by atoms with Gasteiger partial charge in [-0.05, 0) is 18.2 Å². The smallest absolute Gasteiger partial charge is 0.271 e. The first kappa shape index (κ1) is 18.5. The highest BCUT2D eigenvalue weighted by molar-refractivity contribution is 7.92. The standard InChI is InChI=1S/C14H13F2N3O5S/c15-9-5-10(16)7-12(6-9)25(23,24)18-14-8-11(19(21)22)1-2-13(14)17-3-4-20/h1-2,5-8,17-18,20H,3-4H2. The van der Waals surface area contributed by atoms with Gasteiger partial charge in [0.25, 0.3) is 15.7 Å². The first-order valence-corrected chi connectivity index (χ1v) is 8.33. The molecule has 0 aliphatic carbocycles. The minimum atomic E-state index is -4.40. The summed E-state index contributed by atoms with van der Waals surface area (Å²) in [5, 5.41) is 22.4. The van der Waals surface area contributed by atoms with Crippen LogP contribution in [0.1, 0.15) is 0 Å². The summed E-state index contributed by atoms with van der Waals surface area (Å²) >= 11 is 0. The van der Waals surface area contributed by atoms with E-state index in [-0.39, 0.29) is 24.5 Å². The molecule has 0 aromatic heterocycles. The molecule has 0 spiro atoms. The summed E-state index contributed by atoms with van der Waals surface area (Å²) in [6.07, 6.45) is 0. The Morgan fingerprint density at radius 3 is 2.28 bits per heavy atom. The van der Waals surface area contributed by atoms with E-state index in [4.69, 9.17) is 5.11 Å². The van der Waals surface area contributed by atoms with E-state index in [9.17, 15) is 27.3 Å². The molecule has 0 saturated carbocycles. The summed E-state index contributed by atoms with van der Waals surface area (Å²) in [7, 11) is -4.40. The summed E-state index contributed by atoms with van der Waals surface area (Å²) in [6, 6.07) is 5.08. The first-order chi connectivity index (χ1) is 11.7. The van der Waals surface area contributed by atoms with Gasteiger partial charge >= 0.3 is 0 Å². The maximum Gasteiger partial charge on any atom is 0.271 e. The molecule has 2 rings (SSSR count). The van der Waals surface area contributed by atoms with Crippen molar-refractivity contribution in [3.8, 4) is 0 Å². The first-order valence-electron chi connectivity index (χ1n) is 6.85. The molecule has 0 bridgehead atoms. The number of sulfonamides is 1. The van der Waals surface area contributed by atoms with E-state index in [1.807, 2.05) is 0 Å². The fourth-order valence-electron chi connectivity index (χ4n) is 1.96. The lowest BCUT2D eigenvalue weighted by Crippen LogP contribution is -2.16. The summed E-state index contributed by atoms with van der Waals surface area (Å²) in [5.41, 5.74) is -0.440. The van der Waals surface area contributed by atoms with Crippen molar-refractivity contribution >= 4 is 27.1 Å². The van der Waals surface area contributed by atoms with Gasteiger partial charge in [-0.3, -0.25) is 14.8 Å². The van der Waals surface area contributed by atoms with Crippen molar-refractivity contribution in [1.82, 2.24) is 0 Å². The van der Waals surface area contributed by atoms with E-state index in [0.717, 1.165) is 12.1 Å². The lowest BCUT2D eigenvalue weighted by molar-refractivity contribution is -0.384. The number of nitrogens with zero attached hydrogens (tertiary/aromatic N) is 1. The Hall–Kier alpha value is -2.79. The number of aliphatic hydroxyl groups is 1. The summed E-state index contributed by atoms with van der Waals surface area (Å²) < 4.78 is 53.2. The van der Waals surface area contributed by atoms with Crippen LogP contribution in [0.25, 0.3) is 0 Å². The van der Waals surface area contributed by atoms with Crippen LogP contribution in [0.5, 0.6) is 0 Å². The van der Waals surface area contributed by atoms with Gasteiger partial charge in [0, 0.05) is 24.7 Å². The SMILES string of the molecule is O=[N+]([O-])c1ccc(NCCO)c(NS(=O)(=O)c2cc(F)cc(F)c2)c1. The average molecular weight is 373 g/mol. The molecule has 0 unspecified atom stereocenters. The molecule has 2 aromatic carbocycles. The van der Waals surface area contributed by atoms with E-state index in [1.54, 1.807) is 0 Å². The number of hydrogen-bond acceptors (Lipinski definition) is 6. The van der Waals surface area contributed by atoms with Crippen molar-refractivity contribution in [3.63, 3.8) is 0 Å². The van der Waals surface area contributed by atoms with Crippen molar-refractivity contribution in [1.29, 1.82) is 0 Å². The lowest BCUT2D eigenvalue weighted by atomic mass is 10.2. The van der Waals surface area contributed by atoms with Crippen LogP contribution in [0.4, 0.5) is 25.8 Å². The van der Waals surface area contributed by atoms with Gasteiger partial charge in [-0.15, -0.1) is 0 Å². The van der Waals surface area contributed by atoms with Gasteiger partial charge in [0.1, 0.15) is 11.6 Å². The Bertz CT molecular complexity index is 885. The molecule has 0 aliphatic heterocycles. The molecule has 3 N–H and O–H groups in total. The van der Waals surface area contributed by atoms with Crippen LogP contribution in [-0.4, -0.2) is 31.6 Å². The zero-order valence-electron chi connectivity index (χ0n) is 12.6. The maximum absolute atomic E-state index is 13.3. The van der Waals surface area contributed by atoms with Gasteiger partial charge < -0.3 is 10.4 Å². The number of hydrogen-bond donors (Lipinski definition) is 3. The fourth-order valence-corrected chi connectivity index (χ4v) is 3.07. The topological polar surface area (TPSA) is 122 Å². The van der Waals surface area contributed by atoms with Gasteiger partial charge in [0.05, 0.1) is 27.8 Å². The van der Waals surface area contributed by atoms with Gasteiger partial charge in [0.2, 0.25) is 0 Å². The number of anilines is 2.